The Morgan fingerprint density at radius 1 is 0.958 bits per heavy atom. The highest BCUT2D eigenvalue weighted by Crippen LogP contribution is 2.61. The van der Waals surface area contributed by atoms with Crippen LogP contribution >= 0.6 is 0 Å². The molecule has 3 rings (SSSR count). The molecular weight excluding hydrogens is 312 g/mol. The molecule has 0 radical (unpaired) electrons. The summed E-state index contributed by atoms with van der Waals surface area (Å²) in [6.07, 6.45) is 3.04. The summed E-state index contributed by atoms with van der Waals surface area (Å²) in [5.74, 6) is -1.74. The van der Waals surface area contributed by atoms with E-state index in [9.17, 15) is 30.0 Å². The van der Waals surface area contributed by atoms with Crippen molar-refractivity contribution in [3.63, 3.8) is 0 Å². The largest absolute Gasteiger partial charge is 0.390 e. The van der Waals surface area contributed by atoms with Gasteiger partial charge in [0.05, 0.1) is 11.5 Å². The van der Waals surface area contributed by atoms with Crippen molar-refractivity contribution in [3.05, 3.63) is 0 Å². The van der Waals surface area contributed by atoms with E-state index in [1.807, 2.05) is 0 Å². The second-order valence-electron chi connectivity index (χ2n) is 7.87. The second kappa shape index (κ2) is 6.48. The lowest BCUT2D eigenvalue weighted by Crippen LogP contribution is -2.51. The van der Waals surface area contributed by atoms with Crippen molar-refractivity contribution in [2.24, 2.45) is 11.3 Å². The molecular formula is C18H28O6. The van der Waals surface area contributed by atoms with Gasteiger partial charge in [-0.25, -0.2) is 0 Å². The summed E-state index contributed by atoms with van der Waals surface area (Å²) >= 11 is 0. The van der Waals surface area contributed by atoms with Gasteiger partial charge >= 0.3 is 0 Å². The zero-order valence-corrected chi connectivity index (χ0v) is 14.0. The molecule has 0 aliphatic heterocycles. The van der Waals surface area contributed by atoms with E-state index in [0.29, 0.717) is 12.8 Å². The summed E-state index contributed by atoms with van der Waals surface area (Å²) in [6.45, 7) is 0. The van der Waals surface area contributed by atoms with Crippen molar-refractivity contribution in [2.75, 3.05) is 0 Å². The third kappa shape index (κ3) is 2.55. The van der Waals surface area contributed by atoms with Crippen LogP contribution in [0.25, 0.3) is 0 Å². The van der Waals surface area contributed by atoms with E-state index in [-0.39, 0.29) is 5.92 Å². The maximum atomic E-state index is 12.5. The Kier molecular flexibility index (Phi) is 4.86. The van der Waals surface area contributed by atoms with E-state index >= 15 is 0 Å². The summed E-state index contributed by atoms with van der Waals surface area (Å²) in [5, 5.41) is 41.3. The quantitative estimate of drug-likeness (QED) is 0.541. The fourth-order valence-corrected chi connectivity index (χ4v) is 4.86. The average molecular weight is 340 g/mol. The lowest BCUT2D eigenvalue weighted by Gasteiger charge is -2.32. The molecule has 0 aromatic rings. The molecule has 3 aliphatic rings. The molecule has 0 aromatic heterocycles. The Bertz CT molecular complexity index is 506. The van der Waals surface area contributed by atoms with Gasteiger partial charge in [0.1, 0.15) is 12.2 Å². The minimum Gasteiger partial charge on any atom is -0.390 e. The Labute approximate surface area is 141 Å². The number of hydrogen-bond acceptors (Lipinski definition) is 6. The zero-order valence-electron chi connectivity index (χ0n) is 14.0. The monoisotopic (exact) mass is 340 g/mol. The Balaban J connectivity index is 1.69. The van der Waals surface area contributed by atoms with Crippen LogP contribution in [0.1, 0.15) is 64.2 Å². The van der Waals surface area contributed by atoms with Gasteiger partial charge in [0, 0.05) is 0 Å². The summed E-state index contributed by atoms with van der Waals surface area (Å²) in [4.78, 5) is 24.8. The Morgan fingerprint density at radius 3 is 2.08 bits per heavy atom. The van der Waals surface area contributed by atoms with Crippen molar-refractivity contribution in [3.8, 4) is 0 Å². The van der Waals surface area contributed by atoms with Gasteiger partial charge in [-0.1, -0.05) is 38.5 Å². The van der Waals surface area contributed by atoms with E-state index in [1.54, 1.807) is 0 Å². The van der Waals surface area contributed by atoms with Crippen LogP contribution in [0.5, 0.6) is 0 Å². The highest BCUT2D eigenvalue weighted by Gasteiger charge is 2.81. The van der Waals surface area contributed by atoms with Crippen molar-refractivity contribution in [1.29, 1.82) is 0 Å². The predicted octanol–water partition coefficient (Wildman–Crippen LogP) is 0.483. The van der Waals surface area contributed by atoms with Gasteiger partial charge in [-0.2, -0.15) is 0 Å². The van der Waals surface area contributed by atoms with Gasteiger partial charge in [-0.3, -0.25) is 9.59 Å². The summed E-state index contributed by atoms with van der Waals surface area (Å²) in [5.41, 5.74) is -3.25. The Hall–Kier alpha value is -0.820. The number of Topliss-reactive ketones (excluding diaryl/α,β-unsaturated/α-hetero) is 2. The minimum atomic E-state index is -2.18. The molecule has 0 saturated heterocycles. The molecule has 4 atom stereocenters. The first kappa shape index (κ1) is 18.0. The molecule has 0 amide bonds. The van der Waals surface area contributed by atoms with Crippen molar-refractivity contribution < 1.29 is 30.0 Å². The SMILES string of the molecule is O=C([C@H](O)[C@H](O)C(O)C1CCCCC1)[C@@]1(O)C(=O)C12CCCCC2. The van der Waals surface area contributed by atoms with Gasteiger partial charge < -0.3 is 20.4 Å². The third-order valence-corrected chi connectivity index (χ3v) is 6.53. The van der Waals surface area contributed by atoms with Gasteiger partial charge in [0.2, 0.25) is 5.78 Å². The molecule has 6 nitrogen and oxygen atoms in total. The number of carbonyl (C=O) groups is 2. The molecule has 0 aromatic carbocycles. The molecule has 0 bridgehead atoms. The first-order chi connectivity index (χ1) is 11.4. The van der Waals surface area contributed by atoms with Gasteiger partial charge in [0.15, 0.2) is 11.4 Å². The molecule has 1 spiro atoms. The fraction of sp³-hybridized carbons (Fsp3) is 0.889. The summed E-state index contributed by atoms with van der Waals surface area (Å²) in [7, 11) is 0. The number of carbonyl (C=O) groups excluding carboxylic acids is 2. The van der Waals surface area contributed by atoms with E-state index in [0.717, 1.165) is 51.4 Å². The second-order valence-corrected chi connectivity index (χ2v) is 7.87. The van der Waals surface area contributed by atoms with Crippen molar-refractivity contribution >= 4 is 11.6 Å². The standard InChI is InChI=1S/C18H28O6/c19-12(11-7-3-1-4-8-11)13(20)14(21)15(22)18(24)16(23)17(18)9-5-2-6-10-17/h11-14,19-21,24H,1-10H2/t12?,13-,14-,18-/m1/s1. The highest BCUT2D eigenvalue weighted by molar-refractivity contribution is 6.29. The average Bonchev–Trinajstić information content (AvgIpc) is 3.08. The van der Waals surface area contributed by atoms with Crippen LogP contribution in [-0.2, 0) is 9.59 Å². The topological polar surface area (TPSA) is 115 Å². The number of hydrogen-bond donors (Lipinski definition) is 4. The van der Waals surface area contributed by atoms with Crippen LogP contribution in [0.2, 0.25) is 0 Å². The lowest BCUT2D eigenvalue weighted by molar-refractivity contribution is -0.155. The van der Waals surface area contributed by atoms with E-state index in [1.165, 1.54) is 0 Å². The molecule has 24 heavy (non-hydrogen) atoms. The molecule has 3 aliphatic carbocycles. The zero-order chi connectivity index (χ0) is 17.5. The van der Waals surface area contributed by atoms with Crippen LogP contribution in [0.3, 0.4) is 0 Å². The molecule has 136 valence electrons. The summed E-state index contributed by atoms with van der Waals surface area (Å²) < 4.78 is 0. The number of rotatable bonds is 5. The molecule has 1 unspecified atom stereocenters. The van der Waals surface area contributed by atoms with Crippen LogP contribution < -0.4 is 0 Å². The molecule has 3 fully saturated rings. The maximum Gasteiger partial charge on any atom is 0.204 e. The highest BCUT2D eigenvalue weighted by atomic mass is 16.4. The molecule has 3 saturated carbocycles. The normalized spacial score (nSPS) is 33.9. The first-order valence-corrected chi connectivity index (χ1v) is 9.22. The summed E-state index contributed by atoms with van der Waals surface area (Å²) in [6, 6.07) is 0. The predicted molar refractivity (Wildman–Crippen MR) is 85.1 cm³/mol. The van der Waals surface area contributed by atoms with Gasteiger partial charge in [0.25, 0.3) is 0 Å². The first-order valence-electron chi connectivity index (χ1n) is 9.22. The van der Waals surface area contributed by atoms with E-state index in [4.69, 9.17) is 0 Å². The van der Waals surface area contributed by atoms with Crippen LogP contribution in [-0.4, -0.2) is 55.9 Å². The van der Waals surface area contributed by atoms with Crippen LogP contribution in [0, 0.1) is 11.3 Å². The van der Waals surface area contributed by atoms with Gasteiger partial charge in [-0.15, -0.1) is 0 Å². The molecule has 6 heteroatoms. The third-order valence-electron chi connectivity index (χ3n) is 6.53. The van der Waals surface area contributed by atoms with Crippen molar-refractivity contribution in [2.45, 2.75) is 88.1 Å². The van der Waals surface area contributed by atoms with Gasteiger partial charge in [-0.05, 0) is 31.6 Å². The van der Waals surface area contributed by atoms with E-state index in [2.05, 4.69) is 0 Å². The van der Waals surface area contributed by atoms with Crippen LogP contribution in [0.15, 0.2) is 0 Å². The van der Waals surface area contributed by atoms with Crippen molar-refractivity contribution in [1.82, 2.24) is 0 Å². The molecule has 0 heterocycles. The van der Waals surface area contributed by atoms with Crippen LogP contribution in [0.4, 0.5) is 0 Å². The smallest absolute Gasteiger partial charge is 0.204 e. The Morgan fingerprint density at radius 2 is 1.50 bits per heavy atom. The number of aliphatic hydroxyl groups is 4. The van der Waals surface area contributed by atoms with E-state index < -0.39 is 40.9 Å². The lowest BCUT2D eigenvalue weighted by atomic mass is 9.79. The molecule has 4 N–H and O–H groups in total. The minimum absolute atomic E-state index is 0.163. The number of ketones is 2. The number of aliphatic hydroxyl groups excluding tert-OH is 3. The fourth-order valence-electron chi connectivity index (χ4n) is 4.86. The maximum absolute atomic E-state index is 12.5.